The van der Waals surface area contributed by atoms with E-state index < -0.39 is 11.9 Å². The smallest absolute Gasteiger partial charge is 0.310 e. The molecule has 0 aliphatic carbocycles. The highest BCUT2D eigenvalue weighted by Crippen LogP contribution is 2.32. The molecular formula is C20H19ClN2O3. The van der Waals surface area contributed by atoms with Gasteiger partial charge in [-0.25, -0.2) is 0 Å². The molecule has 3 aromatic rings. The normalized spacial score (nSPS) is 12.3. The summed E-state index contributed by atoms with van der Waals surface area (Å²) in [5, 5.41) is 10.7. The molecule has 1 atom stereocenters. The number of nitrogens with one attached hydrogen (secondary N) is 1. The molecule has 0 bridgehead atoms. The van der Waals surface area contributed by atoms with Gasteiger partial charge in [0.15, 0.2) is 0 Å². The number of halogens is 1. The first-order chi connectivity index (χ1) is 12.4. The molecule has 134 valence electrons. The van der Waals surface area contributed by atoms with Crippen molar-refractivity contribution in [1.29, 1.82) is 0 Å². The fourth-order valence-corrected chi connectivity index (χ4v) is 3.29. The van der Waals surface area contributed by atoms with Crippen molar-refractivity contribution in [3.05, 3.63) is 64.1 Å². The summed E-state index contributed by atoms with van der Waals surface area (Å²) in [6.45, 7) is 3.63. The van der Waals surface area contributed by atoms with Gasteiger partial charge in [-0.1, -0.05) is 31.0 Å². The second-order valence-corrected chi connectivity index (χ2v) is 6.73. The number of aromatic nitrogens is 2. The fraction of sp³-hybridized carbons (Fsp3) is 0.250. The van der Waals surface area contributed by atoms with Crippen molar-refractivity contribution in [2.24, 2.45) is 0 Å². The van der Waals surface area contributed by atoms with Gasteiger partial charge in [0, 0.05) is 27.7 Å². The number of nitrogens with zero attached hydrogens (tertiary/aromatic N) is 1. The van der Waals surface area contributed by atoms with E-state index >= 15 is 0 Å². The highest BCUT2D eigenvalue weighted by molar-refractivity contribution is 6.31. The topological polar surface area (TPSA) is 83.0 Å². The number of aliphatic carboxylic acids is 1. The number of fused-ring (bicyclic) bond motifs is 1. The molecule has 3 rings (SSSR count). The van der Waals surface area contributed by atoms with E-state index in [2.05, 4.69) is 16.9 Å². The van der Waals surface area contributed by atoms with E-state index in [-0.39, 0.29) is 11.5 Å². The van der Waals surface area contributed by atoms with Crippen molar-refractivity contribution in [3.8, 4) is 0 Å². The second-order valence-electron chi connectivity index (χ2n) is 6.29. The predicted molar refractivity (Wildman–Crippen MR) is 101 cm³/mol. The van der Waals surface area contributed by atoms with Crippen LogP contribution in [0.5, 0.6) is 0 Å². The Morgan fingerprint density at radius 3 is 2.73 bits per heavy atom. The highest BCUT2D eigenvalue weighted by atomic mass is 35.5. The zero-order chi connectivity index (χ0) is 18.8. The number of aryl methyl sites for hydroxylation is 1. The zero-order valence-electron chi connectivity index (χ0n) is 14.5. The van der Waals surface area contributed by atoms with E-state index in [9.17, 15) is 14.7 Å². The first-order valence-corrected chi connectivity index (χ1v) is 8.83. The minimum atomic E-state index is -0.998. The molecule has 0 saturated carbocycles. The Balaban J connectivity index is 2.17. The van der Waals surface area contributed by atoms with E-state index in [0.717, 1.165) is 18.4 Å². The van der Waals surface area contributed by atoms with Crippen LogP contribution in [0, 0.1) is 0 Å². The molecule has 1 unspecified atom stereocenters. The Kier molecular flexibility index (Phi) is 5.09. The van der Waals surface area contributed by atoms with Crippen molar-refractivity contribution in [3.63, 3.8) is 0 Å². The van der Waals surface area contributed by atoms with Crippen LogP contribution in [0.1, 0.15) is 53.5 Å². The van der Waals surface area contributed by atoms with Gasteiger partial charge in [-0.3, -0.25) is 14.6 Å². The number of carboxylic acids is 1. The molecule has 5 nitrogen and oxygen atoms in total. The third kappa shape index (κ3) is 3.35. The van der Waals surface area contributed by atoms with Crippen LogP contribution in [0.25, 0.3) is 10.9 Å². The maximum Gasteiger partial charge on any atom is 0.310 e. The van der Waals surface area contributed by atoms with Crippen LogP contribution in [-0.2, 0) is 11.2 Å². The quantitative estimate of drug-likeness (QED) is 0.622. The molecule has 0 aliphatic heterocycles. The van der Waals surface area contributed by atoms with Crippen molar-refractivity contribution in [2.45, 2.75) is 32.6 Å². The highest BCUT2D eigenvalue weighted by Gasteiger charge is 2.27. The number of hydrogen-bond acceptors (Lipinski definition) is 3. The predicted octanol–water partition coefficient (Wildman–Crippen LogP) is 4.59. The number of H-pyrrole nitrogens is 1. The molecule has 0 aliphatic rings. The van der Waals surface area contributed by atoms with Gasteiger partial charge in [0.2, 0.25) is 5.78 Å². The number of benzene rings is 1. The van der Waals surface area contributed by atoms with Crippen LogP contribution < -0.4 is 0 Å². The van der Waals surface area contributed by atoms with Gasteiger partial charge in [-0.15, -0.1) is 0 Å². The molecule has 2 heterocycles. The Hall–Kier alpha value is -2.66. The molecule has 0 spiro atoms. The van der Waals surface area contributed by atoms with E-state index in [4.69, 9.17) is 11.6 Å². The van der Waals surface area contributed by atoms with Crippen LogP contribution in [-0.4, -0.2) is 26.8 Å². The Morgan fingerprint density at radius 2 is 2.04 bits per heavy atom. The van der Waals surface area contributed by atoms with Crippen LogP contribution in [0.2, 0.25) is 5.02 Å². The molecule has 0 amide bonds. The van der Waals surface area contributed by atoms with Crippen molar-refractivity contribution in [1.82, 2.24) is 9.97 Å². The van der Waals surface area contributed by atoms with E-state index in [1.54, 1.807) is 37.4 Å². The van der Waals surface area contributed by atoms with Crippen LogP contribution in [0.15, 0.2) is 36.5 Å². The Bertz CT molecular complexity index is 994. The van der Waals surface area contributed by atoms with Gasteiger partial charge in [0.25, 0.3) is 0 Å². The molecule has 0 saturated heterocycles. The van der Waals surface area contributed by atoms with Gasteiger partial charge in [0.05, 0.1) is 11.6 Å². The summed E-state index contributed by atoms with van der Waals surface area (Å²) < 4.78 is 0. The summed E-state index contributed by atoms with van der Waals surface area (Å²) in [5.41, 5.74) is 2.66. The lowest BCUT2D eigenvalue weighted by atomic mass is 9.95. The number of hydrogen-bond donors (Lipinski definition) is 2. The number of carbonyl (C=O) groups excluding carboxylic acids is 1. The average Bonchev–Trinajstić information content (AvgIpc) is 2.99. The first-order valence-electron chi connectivity index (χ1n) is 8.46. The lowest BCUT2D eigenvalue weighted by Gasteiger charge is -2.09. The van der Waals surface area contributed by atoms with E-state index in [1.165, 1.54) is 0 Å². The molecular weight excluding hydrogens is 352 g/mol. The third-order valence-corrected chi connectivity index (χ3v) is 4.66. The Labute approximate surface area is 156 Å². The summed E-state index contributed by atoms with van der Waals surface area (Å²) >= 11 is 6.04. The second kappa shape index (κ2) is 7.30. The van der Waals surface area contributed by atoms with Gasteiger partial charge in [-0.05, 0) is 43.2 Å². The minimum Gasteiger partial charge on any atom is -0.481 e. The summed E-state index contributed by atoms with van der Waals surface area (Å²) in [7, 11) is 0. The van der Waals surface area contributed by atoms with Crippen LogP contribution in [0.3, 0.4) is 0 Å². The average molecular weight is 371 g/mol. The number of carbonyl (C=O) groups is 2. The SMILES string of the molecule is CCCc1ccnc(C(=O)c2[nH]c3cc(Cl)ccc3c2C(C)C(=O)O)c1. The fourth-order valence-electron chi connectivity index (χ4n) is 3.11. The molecule has 0 radical (unpaired) electrons. The summed E-state index contributed by atoms with van der Waals surface area (Å²) in [4.78, 5) is 31.9. The van der Waals surface area contributed by atoms with Crippen molar-refractivity contribution >= 4 is 34.3 Å². The summed E-state index contributed by atoms with van der Waals surface area (Å²) in [6, 6.07) is 8.75. The van der Waals surface area contributed by atoms with Gasteiger partial charge in [0.1, 0.15) is 5.69 Å². The molecule has 26 heavy (non-hydrogen) atoms. The van der Waals surface area contributed by atoms with Crippen molar-refractivity contribution in [2.75, 3.05) is 0 Å². The number of ketones is 1. The monoisotopic (exact) mass is 370 g/mol. The largest absolute Gasteiger partial charge is 0.481 e. The molecule has 6 heteroatoms. The Morgan fingerprint density at radius 1 is 1.27 bits per heavy atom. The van der Waals surface area contributed by atoms with Gasteiger partial charge < -0.3 is 10.1 Å². The summed E-state index contributed by atoms with van der Waals surface area (Å²) in [6.07, 6.45) is 3.42. The van der Waals surface area contributed by atoms with Crippen molar-refractivity contribution < 1.29 is 14.7 Å². The molecule has 2 N–H and O–H groups in total. The van der Waals surface area contributed by atoms with Crippen LogP contribution >= 0.6 is 11.6 Å². The maximum absolute atomic E-state index is 13.1. The molecule has 1 aromatic carbocycles. The number of carboxylic acid groups (broad SMARTS) is 1. The lowest BCUT2D eigenvalue weighted by Crippen LogP contribution is -2.13. The number of pyridine rings is 1. The minimum absolute atomic E-state index is 0.248. The standard InChI is InChI=1S/C20H19ClN2O3/c1-3-4-12-7-8-22-16(9-12)19(24)18-17(11(2)20(25)26)14-6-5-13(21)10-15(14)23-18/h5-11,23H,3-4H2,1-2H3,(H,25,26). The third-order valence-electron chi connectivity index (χ3n) is 4.43. The maximum atomic E-state index is 13.1. The van der Waals surface area contributed by atoms with E-state index in [1.807, 2.05) is 6.07 Å². The van der Waals surface area contributed by atoms with E-state index in [0.29, 0.717) is 27.2 Å². The van der Waals surface area contributed by atoms with Gasteiger partial charge >= 0.3 is 5.97 Å². The van der Waals surface area contributed by atoms with Gasteiger partial charge in [-0.2, -0.15) is 0 Å². The molecule has 2 aromatic heterocycles. The first kappa shape index (κ1) is 18.1. The summed E-state index contributed by atoms with van der Waals surface area (Å²) in [5.74, 6) is -2.16. The number of rotatable bonds is 6. The lowest BCUT2D eigenvalue weighted by molar-refractivity contribution is -0.138. The van der Waals surface area contributed by atoms with Crippen LogP contribution in [0.4, 0.5) is 0 Å². The molecule has 0 fully saturated rings. The zero-order valence-corrected chi connectivity index (χ0v) is 15.3. The number of aromatic amines is 1.